The van der Waals surface area contributed by atoms with Gasteiger partial charge in [-0.2, -0.15) is 0 Å². The van der Waals surface area contributed by atoms with Crippen LogP contribution in [-0.4, -0.2) is 30.3 Å². The SMILES string of the molecule is CCOC(=O)N1c2ccccc2C=C(Br)C1C(C(=O)c1ccccc1)C(=O)c1ccccc1. The van der Waals surface area contributed by atoms with Gasteiger partial charge in [-0.15, -0.1) is 0 Å². The molecule has 0 spiro atoms. The smallest absolute Gasteiger partial charge is 0.414 e. The third kappa shape index (κ3) is 4.52. The maximum Gasteiger partial charge on any atom is 0.414 e. The van der Waals surface area contributed by atoms with Crippen molar-refractivity contribution < 1.29 is 19.1 Å². The number of fused-ring (bicyclic) bond motifs is 1. The predicted molar refractivity (Wildman–Crippen MR) is 132 cm³/mol. The van der Waals surface area contributed by atoms with Gasteiger partial charge in [0, 0.05) is 15.6 Å². The zero-order chi connectivity index (χ0) is 23.4. The van der Waals surface area contributed by atoms with Gasteiger partial charge < -0.3 is 4.74 Å². The van der Waals surface area contributed by atoms with Gasteiger partial charge in [-0.1, -0.05) is 94.8 Å². The number of hydrogen-bond donors (Lipinski definition) is 0. The van der Waals surface area contributed by atoms with Gasteiger partial charge in [0.1, 0.15) is 5.92 Å². The zero-order valence-electron chi connectivity index (χ0n) is 18.0. The number of hydrogen-bond acceptors (Lipinski definition) is 4. The molecule has 0 N–H and O–H groups in total. The molecule has 33 heavy (non-hydrogen) atoms. The van der Waals surface area contributed by atoms with Crippen molar-refractivity contribution in [3.63, 3.8) is 0 Å². The molecule has 6 heteroatoms. The molecule has 3 aromatic rings. The van der Waals surface area contributed by atoms with E-state index in [4.69, 9.17) is 4.74 Å². The molecule has 1 aliphatic rings. The summed E-state index contributed by atoms with van der Waals surface area (Å²) in [6.07, 6.45) is 1.23. The maximum absolute atomic E-state index is 13.8. The van der Waals surface area contributed by atoms with E-state index in [9.17, 15) is 14.4 Å². The second kappa shape index (κ2) is 9.96. The lowest BCUT2D eigenvalue weighted by Gasteiger charge is -2.38. The van der Waals surface area contributed by atoms with Crippen LogP contribution in [0.3, 0.4) is 0 Å². The van der Waals surface area contributed by atoms with Gasteiger partial charge in [-0.25, -0.2) is 4.79 Å². The Morgan fingerprint density at radius 1 is 0.848 bits per heavy atom. The molecule has 0 aromatic heterocycles. The fourth-order valence-electron chi connectivity index (χ4n) is 4.02. The predicted octanol–water partition coefficient (Wildman–Crippen LogP) is 6.15. The Morgan fingerprint density at radius 3 is 1.91 bits per heavy atom. The van der Waals surface area contributed by atoms with E-state index in [0.29, 0.717) is 21.3 Å². The summed E-state index contributed by atoms with van der Waals surface area (Å²) in [5, 5.41) is 0. The van der Waals surface area contributed by atoms with Crippen LogP contribution in [0.5, 0.6) is 0 Å². The van der Waals surface area contributed by atoms with Crippen LogP contribution in [0.25, 0.3) is 6.08 Å². The van der Waals surface area contributed by atoms with E-state index in [1.807, 2.05) is 36.4 Å². The second-order valence-electron chi connectivity index (χ2n) is 7.54. The number of carbonyl (C=O) groups excluding carboxylic acids is 3. The Balaban J connectivity index is 1.89. The third-order valence-electron chi connectivity index (χ3n) is 5.51. The molecule has 1 amide bonds. The van der Waals surface area contributed by atoms with Crippen molar-refractivity contribution >= 4 is 45.4 Å². The summed E-state index contributed by atoms with van der Waals surface area (Å²) in [5.74, 6) is -1.92. The van der Waals surface area contributed by atoms with E-state index in [1.54, 1.807) is 61.5 Å². The van der Waals surface area contributed by atoms with Crippen LogP contribution in [-0.2, 0) is 4.74 Å². The zero-order valence-corrected chi connectivity index (χ0v) is 19.6. The van der Waals surface area contributed by atoms with Crippen LogP contribution in [0.2, 0.25) is 0 Å². The number of ether oxygens (including phenoxy) is 1. The molecule has 0 saturated carbocycles. The average molecular weight is 504 g/mol. The van der Waals surface area contributed by atoms with Gasteiger partial charge in [0.25, 0.3) is 0 Å². The van der Waals surface area contributed by atoms with Gasteiger partial charge in [-0.3, -0.25) is 14.5 Å². The first-order valence-electron chi connectivity index (χ1n) is 10.6. The largest absolute Gasteiger partial charge is 0.449 e. The molecule has 3 aromatic carbocycles. The highest BCUT2D eigenvalue weighted by atomic mass is 79.9. The van der Waals surface area contributed by atoms with Crippen molar-refractivity contribution in [3.05, 3.63) is 106 Å². The van der Waals surface area contributed by atoms with E-state index in [0.717, 1.165) is 5.56 Å². The summed E-state index contributed by atoms with van der Waals surface area (Å²) in [6.45, 7) is 1.88. The molecule has 4 rings (SSSR count). The molecular weight excluding hydrogens is 482 g/mol. The molecular formula is C27H22BrNO4. The quantitative estimate of drug-likeness (QED) is 0.299. The van der Waals surface area contributed by atoms with E-state index in [1.165, 1.54) is 4.90 Å². The summed E-state index contributed by atoms with van der Waals surface area (Å²) >= 11 is 3.57. The minimum Gasteiger partial charge on any atom is -0.449 e. The number of nitrogens with zero attached hydrogens (tertiary/aromatic N) is 1. The van der Waals surface area contributed by atoms with Crippen molar-refractivity contribution in [2.45, 2.75) is 13.0 Å². The van der Waals surface area contributed by atoms with Crippen LogP contribution in [0.1, 0.15) is 33.2 Å². The number of carbonyl (C=O) groups is 3. The number of anilines is 1. The van der Waals surface area contributed by atoms with Crippen molar-refractivity contribution in [3.8, 4) is 0 Å². The Hall–Kier alpha value is -3.51. The summed E-state index contributed by atoms with van der Waals surface area (Å²) in [6, 6.07) is 23.7. The molecule has 0 saturated heterocycles. The Labute approximate surface area is 200 Å². The molecule has 5 nitrogen and oxygen atoms in total. The molecule has 1 heterocycles. The van der Waals surface area contributed by atoms with Crippen molar-refractivity contribution in [1.82, 2.24) is 0 Å². The van der Waals surface area contributed by atoms with Crippen LogP contribution >= 0.6 is 15.9 Å². The molecule has 166 valence electrons. The van der Waals surface area contributed by atoms with Gasteiger partial charge in [0.15, 0.2) is 11.6 Å². The van der Waals surface area contributed by atoms with Crippen molar-refractivity contribution in [2.24, 2.45) is 5.92 Å². The molecule has 0 aliphatic carbocycles. The van der Waals surface area contributed by atoms with Crippen LogP contribution in [0, 0.1) is 5.92 Å². The topological polar surface area (TPSA) is 63.7 Å². The Morgan fingerprint density at radius 2 is 1.36 bits per heavy atom. The van der Waals surface area contributed by atoms with Crippen LogP contribution < -0.4 is 4.90 Å². The van der Waals surface area contributed by atoms with E-state index in [-0.39, 0.29) is 18.2 Å². The number of amides is 1. The van der Waals surface area contributed by atoms with E-state index in [2.05, 4.69) is 15.9 Å². The third-order valence-corrected chi connectivity index (χ3v) is 6.21. The summed E-state index contributed by atoms with van der Waals surface area (Å²) in [7, 11) is 0. The first-order valence-corrected chi connectivity index (χ1v) is 11.4. The minimum atomic E-state index is -1.18. The summed E-state index contributed by atoms with van der Waals surface area (Å²) < 4.78 is 5.90. The molecule has 1 aliphatic heterocycles. The first kappa shape index (κ1) is 22.7. The lowest BCUT2D eigenvalue weighted by atomic mass is 9.81. The van der Waals surface area contributed by atoms with E-state index < -0.39 is 18.1 Å². The molecule has 0 radical (unpaired) electrons. The molecule has 1 unspecified atom stereocenters. The second-order valence-corrected chi connectivity index (χ2v) is 8.46. The number of rotatable bonds is 6. The van der Waals surface area contributed by atoms with Crippen molar-refractivity contribution in [1.29, 1.82) is 0 Å². The van der Waals surface area contributed by atoms with Gasteiger partial charge >= 0.3 is 6.09 Å². The summed E-state index contributed by atoms with van der Waals surface area (Å²) in [5.41, 5.74) is 2.16. The highest BCUT2D eigenvalue weighted by molar-refractivity contribution is 9.11. The number of benzene rings is 3. The van der Waals surface area contributed by atoms with Gasteiger partial charge in [-0.05, 0) is 24.6 Å². The maximum atomic E-state index is 13.8. The van der Waals surface area contributed by atoms with Gasteiger partial charge in [0.2, 0.25) is 0 Å². The van der Waals surface area contributed by atoms with Crippen molar-refractivity contribution in [2.75, 3.05) is 11.5 Å². The van der Waals surface area contributed by atoms with Crippen LogP contribution in [0.15, 0.2) is 89.4 Å². The standard InChI is InChI=1S/C27H22BrNO4/c1-2-33-27(32)29-22-16-10-9-15-20(22)17-21(28)24(29)23(25(30)18-11-5-3-6-12-18)26(31)19-13-7-4-8-14-19/h3-17,23-24H,2H2,1H3. The molecule has 0 bridgehead atoms. The Kier molecular flexibility index (Phi) is 6.84. The van der Waals surface area contributed by atoms with Gasteiger partial charge in [0.05, 0.1) is 18.3 Å². The van der Waals surface area contributed by atoms with Crippen LogP contribution in [0.4, 0.5) is 10.5 Å². The number of Topliss-reactive ketones (excluding diaryl/α,β-unsaturated/α-hetero) is 2. The Bertz CT molecular complexity index is 1160. The van der Waals surface area contributed by atoms with E-state index >= 15 is 0 Å². The fraction of sp³-hybridized carbons (Fsp3) is 0.148. The number of para-hydroxylation sites is 1. The monoisotopic (exact) mass is 503 g/mol. The molecule has 0 fully saturated rings. The first-order chi connectivity index (χ1) is 16.0. The fourth-order valence-corrected chi connectivity index (χ4v) is 4.73. The number of ketones is 2. The highest BCUT2D eigenvalue weighted by Crippen LogP contribution is 2.40. The normalized spacial score (nSPS) is 14.9. The summed E-state index contributed by atoms with van der Waals surface area (Å²) in [4.78, 5) is 42.2. The number of halogens is 1. The molecule has 1 atom stereocenters. The lowest BCUT2D eigenvalue weighted by Crippen LogP contribution is -2.51. The average Bonchev–Trinajstić information content (AvgIpc) is 2.85. The lowest BCUT2D eigenvalue weighted by molar-refractivity contribution is 0.0791. The highest BCUT2D eigenvalue weighted by Gasteiger charge is 2.45. The minimum absolute atomic E-state index is 0.162.